The Labute approximate surface area is 123 Å². The standard InChI is InChI=1S/C19H39/c1-4-7-9-11-12-13-15-18-19(16-6-3)17-14-10-8-5-2/h15,19H,4-14,16-18H2,1-3H3. The molecule has 0 aliphatic carbocycles. The molecule has 0 rings (SSSR count). The highest BCUT2D eigenvalue weighted by Crippen LogP contribution is 2.22. The summed E-state index contributed by atoms with van der Waals surface area (Å²) in [5, 5.41) is 0. The van der Waals surface area contributed by atoms with E-state index in [4.69, 9.17) is 0 Å². The molecule has 0 aliphatic rings. The van der Waals surface area contributed by atoms with Gasteiger partial charge in [0, 0.05) is 0 Å². The second-order valence-electron chi connectivity index (χ2n) is 6.23. The average Bonchev–Trinajstić information content (AvgIpc) is 2.42. The molecule has 1 atom stereocenters. The minimum Gasteiger partial charge on any atom is -0.0654 e. The highest BCUT2D eigenvalue weighted by Gasteiger charge is 2.07. The van der Waals surface area contributed by atoms with Crippen LogP contribution in [-0.2, 0) is 0 Å². The average molecular weight is 268 g/mol. The molecule has 0 aromatic carbocycles. The molecule has 0 saturated heterocycles. The predicted octanol–water partition coefficient (Wildman–Crippen LogP) is 7.33. The van der Waals surface area contributed by atoms with Crippen LogP contribution in [0.3, 0.4) is 0 Å². The van der Waals surface area contributed by atoms with E-state index in [0.29, 0.717) is 0 Å². The Morgan fingerprint density at radius 1 is 0.632 bits per heavy atom. The normalized spacial score (nSPS) is 12.8. The summed E-state index contributed by atoms with van der Waals surface area (Å²) in [7, 11) is 0. The van der Waals surface area contributed by atoms with E-state index in [1.165, 1.54) is 89.9 Å². The Hall–Kier alpha value is 0. The van der Waals surface area contributed by atoms with Crippen molar-refractivity contribution < 1.29 is 0 Å². The van der Waals surface area contributed by atoms with Gasteiger partial charge in [0.15, 0.2) is 0 Å². The van der Waals surface area contributed by atoms with Crippen LogP contribution in [0, 0.1) is 12.3 Å². The largest absolute Gasteiger partial charge is 0.0654 e. The zero-order chi connectivity index (χ0) is 14.2. The van der Waals surface area contributed by atoms with Crippen molar-refractivity contribution in [1.82, 2.24) is 0 Å². The summed E-state index contributed by atoms with van der Waals surface area (Å²) in [6.07, 6.45) is 22.4. The van der Waals surface area contributed by atoms with Crippen LogP contribution in [0.1, 0.15) is 111 Å². The fourth-order valence-corrected chi connectivity index (χ4v) is 2.89. The van der Waals surface area contributed by atoms with Gasteiger partial charge in [-0.3, -0.25) is 0 Å². The molecule has 0 bridgehead atoms. The maximum absolute atomic E-state index is 2.59. The van der Waals surface area contributed by atoms with E-state index in [2.05, 4.69) is 27.2 Å². The van der Waals surface area contributed by atoms with E-state index in [0.717, 1.165) is 5.92 Å². The molecular weight excluding hydrogens is 228 g/mol. The lowest BCUT2D eigenvalue weighted by Gasteiger charge is -2.15. The van der Waals surface area contributed by atoms with Gasteiger partial charge in [-0.05, 0) is 18.8 Å². The van der Waals surface area contributed by atoms with E-state index >= 15 is 0 Å². The van der Waals surface area contributed by atoms with Gasteiger partial charge in [0.05, 0.1) is 0 Å². The van der Waals surface area contributed by atoms with Crippen molar-refractivity contribution in [2.45, 2.75) is 111 Å². The second-order valence-corrected chi connectivity index (χ2v) is 6.23. The van der Waals surface area contributed by atoms with Crippen molar-refractivity contribution in [3.8, 4) is 0 Å². The Morgan fingerprint density at radius 2 is 1.26 bits per heavy atom. The van der Waals surface area contributed by atoms with E-state index in [9.17, 15) is 0 Å². The van der Waals surface area contributed by atoms with Crippen molar-refractivity contribution in [3.05, 3.63) is 6.42 Å². The molecule has 0 spiro atoms. The van der Waals surface area contributed by atoms with Gasteiger partial charge in [-0.15, -0.1) is 0 Å². The van der Waals surface area contributed by atoms with E-state index in [-0.39, 0.29) is 0 Å². The van der Waals surface area contributed by atoms with E-state index in [1.54, 1.807) is 0 Å². The molecule has 0 fully saturated rings. The molecule has 19 heavy (non-hydrogen) atoms. The summed E-state index contributed by atoms with van der Waals surface area (Å²) in [5.41, 5.74) is 0. The number of hydrogen-bond acceptors (Lipinski definition) is 0. The fourth-order valence-electron chi connectivity index (χ4n) is 2.89. The molecule has 0 aliphatic heterocycles. The van der Waals surface area contributed by atoms with Crippen LogP contribution in [0.15, 0.2) is 0 Å². The number of hydrogen-bond donors (Lipinski definition) is 0. The monoisotopic (exact) mass is 267 g/mol. The second kappa shape index (κ2) is 16.1. The fraction of sp³-hybridized carbons (Fsp3) is 0.947. The zero-order valence-corrected chi connectivity index (χ0v) is 14.1. The highest BCUT2D eigenvalue weighted by molar-refractivity contribution is 4.71. The molecule has 115 valence electrons. The van der Waals surface area contributed by atoms with Gasteiger partial charge in [0.2, 0.25) is 0 Å². The molecule has 0 aromatic heterocycles. The van der Waals surface area contributed by atoms with Crippen LogP contribution in [0.25, 0.3) is 0 Å². The maximum Gasteiger partial charge on any atom is -0.0383 e. The smallest absolute Gasteiger partial charge is 0.0383 e. The lowest BCUT2D eigenvalue weighted by molar-refractivity contribution is 0.410. The molecule has 1 unspecified atom stereocenters. The van der Waals surface area contributed by atoms with Crippen LogP contribution in [0.2, 0.25) is 0 Å². The molecule has 0 aromatic rings. The number of unbranched alkanes of at least 4 members (excludes halogenated alkanes) is 9. The molecule has 0 N–H and O–H groups in total. The van der Waals surface area contributed by atoms with Gasteiger partial charge in [-0.25, -0.2) is 0 Å². The van der Waals surface area contributed by atoms with Crippen molar-refractivity contribution >= 4 is 0 Å². The highest BCUT2D eigenvalue weighted by atomic mass is 14.1. The molecule has 0 nitrogen and oxygen atoms in total. The third kappa shape index (κ3) is 14.2. The van der Waals surface area contributed by atoms with Crippen LogP contribution >= 0.6 is 0 Å². The first-order valence-electron chi connectivity index (χ1n) is 9.16. The van der Waals surface area contributed by atoms with Crippen molar-refractivity contribution in [2.75, 3.05) is 0 Å². The summed E-state index contributed by atoms with van der Waals surface area (Å²) >= 11 is 0. The molecule has 0 amide bonds. The molecule has 0 heteroatoms. The lowest BCUT2D eigenvalue weighted by Crippen LogP contribution is -2.01. The third-order valence-corrected chi connectivity index (χ3v) is 4.17. The number of rotatable bonds is 15. The predicted molar refractivity (Wildman–Crippen MR) is 89.5 cm³/mol. The summed E-state index contributed by atoms with van der Waals surface area (Å²) in [6, 6.07) is 0. The topological polar surface area (TPSA) is 0 Å². The Morgan fingerprint density at radius 3 is 1.89 bits per heavy atom. The third-order valence-electron chi connectivity index (χ3n) is 4.17. The van der Waals surface area contributed by atoms with E-state index in [1.807, 2.05) is 0 Å². The summed E-state index contributed by atoms with van der Waals surface area (Å²) in [6.45, 7) is 6.93. The van der Waals surface area contributed by atoms with Crippen LogP contribution < -0.4 is 0 Å². The van der Waals surface area contributed by atoms with Crippen molar-refractivity contribution in [2.24, 2.45) is 5.92 Å². The van der Waals surface area contributed by atoms with Crippen LogP contribution in [-0.4, -0.2) is 0 Å². The van der Waals surface area contributed by atoms with Gasteiger partial charge in [0.25, 0.3) is 0 Å². The van der Waals surface area contributed by atoms with Crippen LogP contribution in [0.5, 0.6) is 0 Å². The van der Waals surface area contributed by atoms with Crippen molar-refractivity contribution in [1.29, 1.82) is 0 Å². The van der Waals surface area contributed by atoms with Gasteiger partial charge >= 0.3 is 0 Å². The zero-order valence-electron chi connectivity index (χ0n) is 14.1. The quantitative estimate of drug-likeness (QED) is 0.272. The maximum atomic E-state index is 2.59. The Balaban J connectivity index is 3.42. The summed E-state index contributed by atoms with van der Waals surface area (Å²) in [4.78, 5) is 0. The minimum absolute atomic E-state index is 0.984. The van der Waals surface area contributed by atoms with Crippen LogP contribution in [0.4, 0.5) is 0 Å². The summed E-state index contributed by atoms with van der Waals surface area (Å²) in [5.74, 6) is 0.984. The van der Waals surface area contributed by atoms with Gasteiger partial charge < -0.3 is 0 Å². The van der Waals surface area contributed by atoms with Gasteiger partial charge in [-0.1, -0.05) is 104 Å². The van der Waals surface area contributed by atoms with E-state index < -0.39 is 0 Å². The SMILES string of the molecule is CCCCCCC[CH]CC(CCC)CCCCCC. The Bertz CT molecular complexity index is 150. The first-order chi connectivity index (χ1) is 9.35. The van der Waals surface area contributed by atoms with Gasteiger partial charge in [-0.2, -0.15) is 0 Å². The molecular formula is C19H39. The minimum atomic E-state index is 0.984. The summed E-state index contributed by atoms with van der Waals surface area (Å²) < 4.78 is 0. The molecule has 1 radical (unpaired) electrons. The van der Waals surface area contributed by atoms with Gasteiger partial charge in [0.1, 0.15) is 0 Å². The first kappa shape index (κ1) is 19.0. The van der Waals surface area contributed by atoms with Crippen molar-refractivity contribution in [3.63, 3.8) is 0 Å². The molecule has 0 saturated carbocycles. The lowest BCUT2D eigenvalue weighted by atomic mass is 9.91. The Kier molecular flexibility index (Phi) is 16.1. The molecule has 0 heterocycles. The first-order valence-corrected chi connectivity index (χ1v) is 9.16.